The van der Waals surface area contributed by atoms with Gasteiger partial charge >= 0.3 is 5.97 Å². The molecule has 0 aliphatic carbocycles. The van der Waals surface area contributed by atoms with Crippen molar-refractivity contribution < 1.29 is 24.2 Å². The molecule has 0 radical (unpaired) electrons. The number of nitrogens with zero attached hydrogens (tertiary/aromatic N) is 1. The predicted molar refractivity (Wildman–Crippen MR) is 94.1 cm³/mol. The number of thiazole rings is 1. The molecule has 0 saturated carbocycles. The van der Waals surface area contributed by atoms with Crippen molar-refractivity contribution in [3.63, 3.8) is 0 Å². The number of carboxylic acid groups (broad SMARTS) is 1. The standard InChI is InChI=1S/C17H20N2O5S/c1-10(2)24-12-6-4-11(5-7-12)16-19-13(9-25-16)15(20)18-8-14(23-3)17(21)22/h4-7,9-10,14H,8H2,1-3H3,(H,18,20)(H,21,22). The van der Waals surface area contributed by atoms with E-state index in [9.17, 15) is 9.59 Å². The number of carbonyl (C=O) groups is 2. The summed E-state index contributed by atoms with van der Waals surface area (Å²) in [7, 11) is 1.28. The Labute approximate surface area is 149 Å². The average Bonchev–Trinajstić information content (AvgIpc) is 3.05. The number of methoxy groups -OCH3 is 1. The zero-order valence-corrected chi connectivity index (χ0v) is 15.0. The molecule has 0 spiro atoms. The van der Waals surface area contributed by atoms with Crippen LogP contribution < -0.4 is 10.1 Å². The van der Waals surface area contributed by atoms with Gasteiger partial charge in [-0.3, -0.25) is 4.79 Å². The van der Waals surface area contributed by atoms with Crippen LogP contribution in [0.25, 0.3) is 10.6 Å². The van der Waals surface area contributed by atoms with Crippen molar-refractivity contribution in [2.24, 2.45) is 0 Å². The van der Waals surface area contributed by atoms with E-state index in [0.29, 0.717) is 5.01 Å². The Morgan fingerprint density at radius 3 is 2.52 bits per heavy atom. The summed E-state index contributed by atoms with van der Waals surface area (Å²) in [6.07, 6.45) is -0.988. The quantitative estimate of drug-likeness (QED) is 0.747. The van der Waals surface area contributed by atoms with Gasteiger partial charge in [0.05, 0.1) is 12.6 Å². The van der Waals surface area contributed by atoms with Crippen molar-refractivity contribution in [3.8, 4) is 16.3 Å². The van der Waals surface area contributed by atoms with Crippen LogP contribution in [0.2, 0.25) is 0 Å². The van der Waals surface area contributed by atoms with Crippen molar-refractivity contribution in [1.29, 1.82) is 0 Å². The molecular weight excluding hydrogens is 344 g/mol. The summed E-state index contributed by atoms with van der Waals surface area (Å²) in [6, 6.07) is 7.46. The third-order valence-corrected chi connectivity index (χ3v) is 4.11. The maximum absolute atomic E-state index is 12.1. The van der Waals surface area contributed by atoms with Crippen LogP contribution in [0.15, 0.2) is 29.6 Å². The first-order valence-electron chi connectivity index (χ1n) is 7.67. The number of rotatable bonds is 8. The Bertz CT molecular complexity index is 727. The highest BCUT2D eigenvalue weighted by Gasteiger charge is 2.19. The van der Waals surface area contributed by atoms with Crippen LogP contribution in [0.5, 0.6) is 5.75 Å². The van der Waals surface area contributed by atoms with Gasteiger partial charge in [0.2, 0.25) is 0 Å². The molecule has 0 bridgehead atoms. The molecule has 2 aromatic rings. The summed E-state index contributed by atoms with van der Waals surface area (Å²) in [5.74, 6) is -0.802. The molecule has 1 aromatic carbocycles. The number of ether oxygens (including phenoxy) is 2. The summed E-state index contributed by atoms with van der Waals surface area (Å²) in [4.78, 5) is 27.2. The van der Waals surface area contributed by atoms with Crippen molar-refractivity contribution >= 4 is 23.2 Å². The summed E-state index contributed by atoms with van der Waals surface area (Å²) < 4.78 is 10.4. The lowest BCUT2D eigenvalue weighted by Gasteiger charge is -2.10. The fraction of sp³-hybridized carbons (Fsp3) is 0.353. The lowest BCUT2D eigenvalue weighted by molar-refractivity contribution is -0.148. The van der Waals surface area contributed by atoms with E-state index in [1.54, 1.807) is 5.38 Å². The van der Waals surface area contributed by atoms with Crippen LogP contribution in [-0.2, 0) is 9.53 Å². The van der Waals surface area contributed by atoms with Crippen molar-refractivity contribution in [2.75, 3.05) is 13.7 Å². The molecule has 7 nitrogen and oxygen atoms in total. The minimum absolute atomic E-state index is 0.0998. The van der Waals surface area contributed by atoms with Gasteiger partial charge in [0.25, 0.3) is 5.91 Å². The van der Waals surface area contributed by atoms with Gasteiger partial charge < -0.3 is 19.9 Å². The van der Waals surface area contributed by atoms with E-state index in [2.05, 4.69) is 10.3 Å². The number of carboxylic acids is 1. The molecular formula is C17H20N2O5S. The molecule has 2 rings (SSSR count). The van der Waals surface area contributed by atoms with Gasteiger partial charge in [-0.2, -0.15) is 0 Å². The molecule has 0 fully saturated rings. The summed E-state index contributed by atoms with van der Waals surface area (Å²) >= 11 is 1.34. The van der Waals surface area contributed by atoms with E-state index in [0.717, 1.165) is 11.3 Å². The maximum atomic E-state index is 12.1. The molecule has 0 aliphatic heterocycles. The molecule has 8 heteroatoms. The van der Waals surface area contributed by atoms with Gasteiger partial charge in [-0.15, -0.1) is 11.3 Å². The first-order valence-corrected chi connectivity index (χ1v) is 8.55. The lowest BCUT2D eigenvalue weighted by Crippen LogP contribution is -2.37. The van der Waals surface area contributed by atoms with E-state index in [1.807, 2.05) is 38.1 Å². The number of carbonyl (C=O) groups excluding carboxylic acids is 1. The Hall–Kier alpha value is -2.45. The van der Waals surface area contributed by atoms with Crippen molar-refractivity contribution in [3.05, 3.63) is 35.3 Å². The van der Waals surface area contributed by atoms with Crippen LogP contribution in [0.4, 0.5) is 0 Å². The number of hydrogen-bond donors (Lipinski definition) is 2. The van der Waals surface area contributed by atoms with Crippen LogP contribution >= 0.6 is 11.3 Å². The Kier molecular flexibility index (Phi) is 6.49. The predicted octanol–water partition coefficient (Wildman–Crippen LogP) is 2.43. The van der Waals surface area contributed by atoms with E-state index >= 15 is 0 Å². The molecule has 134 valence electrons. The smallest absolute Gasteiger partial charge is 0.334 e. The second-order valence-corrected chi connectivity index (χ2v) is 6.36. The van der Waals surface area contributed by atoms with Gasteiger partial charge in [-0.1, -0.05) is 0 Å². The number of benzene rings is 1. The van der Waals surface area contributed by atoms with E-state index in [1.165, 1.54) is 18.4 Å². The molecule has 1 unspecified atom stereocenters. The second kappa shape index (κ2) is 8.59. The zero-order valence-electron chi connectivity index (χ0n) is 14.2. The first kappa shape index (κ1) is 18.9. The monoisotopic (exact) mass is 364 g/mol. The normalized spacial score (nSPS) is 12.0. The van der Waals surface area contributed by atoms with Crippen LogP contribution in [0.3, 0.4) is 0 Å². The van der Waals surface area contributed by atoms with Crippen LogP contribution in [0.1, 0.15) is 24.3 Å². The van der Waals surface area contributed by atoms with E-state index in [-0.39, 0.29) is 18.3 Å². The minimum atomic E-state index is -1.13. The summed E-state index contributed by atoms with van der Waals surface area (Å²) in [6.45, 7) is 3.79. The fourth-order valence-corrected chi connectivity index (χ4v) is 2.81. The third-order valence-electron chi connectivity index (χ3n) is 3.22. The highest BCUT2D eigenvalue weighted by molar-refractivity contribution is 7.13. The van der Waals surface area contributed by atoms with Crippen molar-refractivity contribution in [2.45, 2.75) is 26.1 Å². The maximum Gasteiger partial charge on any atom is 0.334 e. The fourth-order valence-electron chi connectivity index (χ4n) is 2.01. The van der Waals surface area contributed by atoms with Crippen molar-refractivity contribution in [1.82, 2.24) is 10.3 Å². The summed E-state index contributed by atoms with van der Waals surface area (Å²) in [5.41, 5.74) is 1.11. The second-order valence-electron chi connectivity index (χ2n) is 5.50. The van der Waals surface area contributed by atoms with Gasteiger partial charge in [0, 0.05) is 18.1 Å². The van der Waals surface area contributed by atoms with E-state index in [4.69, 9.17) is 14.6 Å². The third kappa shape index (κ3) is 5.27. The van der Waals surface area contributed by atoms with Gasteiger partial charge in [-0.25, -0.2) is 9.78 Å². The van der Waals surface area contributed by atoms with E-state index < -0.39 is 18.0 Å². The molecule has 1 amide bonds. The number of aliphatic carboxylic acids is 1. The Balaban J connectivity index is 2.01. The molecule has 1 atom stereocenters. The van der Waals surface area contributed by atoms with Gasteiger partial charge in [0.1, 0.15) is 16.5 Å². The molecule has 1 heterocycles. The molecule has 1 aromatic heterocycles. The molecule has 0 saturated heterocycles. The van der Waals surface area contributed by atoms with Gasteiger partial charge in [-0.05, 0) is 38.1 Å². The molecule has 0 aliphatic rings. The lowest BCUT2D eigenvalue weighted by atomic mass is 10.2. The number of amides is 1. The SMILES string of the molecule is COC(CNC(=O)c1csc(-c2ccc(OC(C)C)cc2)n1)C(=O)O. The minimum Gasteiger partial charge on any atom is -0.491 e. The highest BCUT2D eigenvalue weighted by Crippen LogP contribution is 2.26. The zero-order chi connectivity index (χ0) is 18.4. The van der Waals surface area contributed by atoms with Crippen LogP contribution in [0, 0.1) is 0 Å². The largest absolute Gasteiger partial charge is 0.491 e. The topological polar surface area (TPSA) is 97.8 Å². The Morgan fingerprint density at radius 1 is 1.28 bits per heavy atom. The first-order chi connectivity index (χ1) is 11.9. The molecule has 25 heavy (non-hydrogen) atoms. The van der Waals surface area contributed by atoms with Crippen LogP contribution in [-0.4, -0.2) is 47.8 Å². The highest BCUT2D eigenvalue weighted by atomic mass is 32.1. The Morgan fingerprint density at radius 2 is 1.96 bits per heavy atom. The molecule has 2 N–H and O–H groups in total. The number of hydrogen-bond acceptors (Lipinski definition) is 6. The number of aromatic nitrogens is 1. The van der Waals surface area contributed by atoms with Gasteiger partial charge in [0.15, 0.2) is 6.10 Å². The number of nitrogens with one attached hydrogen (secondary N) is 1. The average molecular weight is 364 g/mol. The summed E-state index contributed by atoms with van der Waals surface area (Å²) in [5, 5.41) is 13.7.